The molecule has 758 valence electrons. The second kappa shape index (κ2) is 52.2. The standard InChI is InChI=1S/C28H30N2O4S.C21H20Cl2N4O.C17H12FNO3S.C17H16N4O.C15H10F3N3O.C15H17NOS/c29-35(33,34)27-12-5-4-9-23(27)22-16-13-20(14-17-22)15-18-26(31)24-10-6-11-25(24)28(32)30-19-21-7-2-1-3-8-21;1-15-20(14-24-27(15)18-7-5-16(22)6-8-18)21(28)26-11-9-25(10-12-26)19-4-2-3-17(23)13-19;1-19-16(20)15(23-17(19)21)10-11-2-6-13(7-3-11)22-14-8-4-12(18)5-9-14;1-22-15-8-3-2-7-13(15)11-5-4-6-12(9-11)14-10-16(18)21-17(19)20-14;16-15(17,18)22-13-7-2-1-6-12(13)10-4-3-5-11(8-10)14-19-9-20-21-14;17-15(14-10-6-12-18-14)16-11-5-4-9-13-7-2-1-3-8-13/h1-5,7-9,12-14,16-17,24-25H,6,10-11,15,18-19H2,(H,30,32)(H2,29,33,34);2-8,13-14H,9-12H2,1H3;2-10H,1H3;2-10H,1H3,(H4,18,19,20,21);1-9H,(H,19,20,21);1-3,6-8,10,12H,4-5,9,11H2,(H,16,17)/b;;15-10-;;;/t24-,25-;;;;;/m1...../s1. The Labute approximate surface area is 872 Å². The van der Waals surface area contributed by atoms with E-state index in [-0.39, 0.29) is 68.9 Å². The third-order valence-corrected chi connectivity index (χ3v) is 27.3. The number of piperazine rings is 1. The maximum Gasteiger partial charge on any atom is 0.573 e. The Morgan fingerprint density at radius 2 is 1.20 bits per heavy atom. The van der Waals surface area contributed by atoms with Crippen molar-refractivity contribution in [2.45, 2.75) is 76.1 Å². The summed E-state index contributed by atoms with van der Waals surface area (Å²) >= 11 is 14.4. The number of carbonyl (C=O) groups is 6. The number of ether oxygens (including phenoxy) is 3. The summed E-state index contributed by atoms with van der Waals surface area (Å²) < 4.78 is 91.0. The number of imide groups is 1. The Balaban J connectivity index is 0.000000142. The molecule has 0 radical (unpaired) electrons. The van der Waals surface area contributed by atoms with E-state index in [4.69, 9.17) is 49.3 Å². The van der Waals surface area contributed by atoms with Gasteiger partial charge in [-0.2, -0.15) is 15.2 Å². The number of para-hydroxylation sites is 2. The molecular formula is C113H105Cl2F4N15O11S3. The SMILES string of the molecule is CN1C(=O)S/C(=C\c2ccc(Oc3ccc(F)cc3)cc2)C1=O.COc1ccccc1-c1cccc(-c2cc(N)nc(N)n2)c1.Cc1c(C(=O)N2CCN(c3cccc(Cl)c3)CC2)cnn1-c1ccc(Cl)cc1.FC(F)(F)Oc1ccccc1-c1cccc(-c2ncn[nH]2)c1.NS(=O)(=O)c1ccccc1-c1ccc(CCC(=O)[C@@H]2CCC[C@H]2C(=O)NCc2ccccc2)cc1.O=C(NCCCCc1ccccc1)c1cccs1. The van der Waals surface area contributed by atoms with Crippen LogP contribution in [-0.2, 0) is 43.8 Å². The van der Waals surface area contributed by atoms with Crippen LogP contribution in [0.25, 0.3) is 67.8 Å². The van der Waals surface area contributed by atoms with Crippen LogP contribution < -0.4 is 46.4 Å². The number of primary sulfonamides is 1. The van der Waals surface area contributed by atoms with Crippen LogP contribution >= 0.6 is 46.3 Å². The summed E-state index contributed by atoms with van der Waals surface area (Å²) in [4.78, 5) is 92.3. The first kappa shape index (κ1) is 108. The number of aromatic nitrogens is 7. The Hall–Kier alpha value is -15.9. The molecule has 1 saturated carbocycles. The van der Waals surface area contributed by atoms with Crippen molar-refractivity contribution < 1.29 is 69.0 Å². The maximum atomic E-state index is 13.0. The third kappa shape index (κ3) is 30.8. The summed E-state index contributed by atoms with van der Waals surface area (Å²) in [7, 11) is -0.715. The summed E-state index contributed by atoms with van der Waals surface area (Å²) in [6.45, 7) is 6.01. The predicted octanol–water partition coefficient (Wildman–Crippen LogP) is 23.5. The monoisotopic (exact) mass is 2090 g/mol. The average Bonchev–Trinajstić information content (AvgIpc) is 1.72. The number of sulfonamides is 1. The van der Waals surface area contributed by atoms with E-state index in [0.717, 1.165) is 152 Å². The van der Waals surface area contributed by atoms with Crippen LogP contribution in [0.15, 0.2) is 349 Å². The van der Waals surface area contributed by atoms with E-state index in [1.165, 1.54) is 60.6 Å². The van der Waals surface area contributed by atoms with Crippen molar-refractivity contribution in [2.24, 2.45) is 17.0 Å². The maximum absolute atomic E-state index is 13.0. The second-order valence-corrected chi connectivity index (χ2v) is 38.5. The minimum Gasteiger partial charge on any atom is -0.496 e. The Kier molecular flexibility index (Phi) is 38.1. The number of halogens is 6. The molecule has 1 aliphatic carbocycles. The number of benzene rings is 12. The van der Waals surface area contributed by atoms with Gasteiger partial charge in [-0.25, -0.2) is 32.6 Å². The number of nitrogens with two attached hydrogens (primary N) is 3. The fraction of sp³-hybridized carbons (Fsp3) is 0.177. The molecule has 35 heteroatoms. The van der Waals surface area contributed by atoms with Gasteiger partial charge in [0.15, 0.2) is 5.82 Å². The fourth-order valence-corrected chi connectivity index (χ4v) is 19.1. The zero-order valence-electron chi connectivity index (χ0n) is 80.7. The van der Waals surface area contributed by atoms with Crippen molar-refractivity contribution in [2.75, 3.05) is 63.2 Å². The van der Waals surface area contributed by atoms with Gasteiger partial charge in [-0.05, 0) is 223 Å². The lowest BCUT2D eigenvalue weighted by Crippen LogP contribution is -2.48. The van der Waals surface area contributed by atoms with Gasteiger partial charge in [-0.15, -0.1) is 24.5 Å². The lowest BCUT2D eigenvalue weighted by atomic mass is 9.88. The molecule has 0 bridgehead atoms. The molecule has 3 fully saturated rings. The van der Waals surface area contributed by atoms with E-state index in [1.807, 2.05) is 187 Å². The molecule has 2 atom stereocenters. The molecule has 0 unspecified atom stereocenters. The number of unbranched alkanes of at least 4 members (excludes halogenated alkanes) is 1. The van der Waals surface area contributed by atoms with E-state index in [1.54, 1.807) is 121 Å². The third-order valence-electron chi connectivity index (χ3n) is 24.0. The first-order valence-electron chi connectivity index (χ1n) is 47.2. The number of methoxy groups -OCH3 is 1. The highest BCUT2D eigenvalue weighted by atomic mass is 35.5. The van der Waals surface area contributed by atoms with Gasteiger partial charge in [0.1, 0.15) is 46.7 Å². The number of aryl methyl sites for hydroxylation is 2. The number of nitrogens with zero attached hydrogens (tertiary/aromatic N) is 9. The van der Waals surface area contributed by atoms with Gasteiger partial charge in [-0.1, -0.05) is 230 Å². The largest absolute Gasteiger partial charge is 0.573 e. The molecule has 19 rings (SSSR count). The van der Waals surface area contributed by atoms with E-state index >= 15 is 0 Å². The number of thioether (sulfide) groups is 1. The molecule has 26 nitrogen and oxygen atoms in total. The van der Waals surface area contributed by atoms with E-state index < -0.39 is 16.4 Å². The quantitative estimate of drug-likeness (QED) is 0.0158. The first-order valence-corrected chi connectivity index (χ1v) is 51.2. The molecule has 9 N–H and O–H groups in total. The fourth-order valence-electron chi connectivity index (χ4n) is 16.5. The minimum absolute atomic E-state index is 0.0171. The highest BCUT2D eigenvalue weighted by Gasteiger charge is 2.38. The smallest absolute Gasteiger partial charge is 0.496 e. The highest BCUT2D eigenvalue weighted by Crippen LogP contribution is 2.40. The van der Waals surface area contributed by atoms with Gasteiger partial charge in [0.05, 0.1) is 50.6 Å². The number of hydrogen-bond acceptors (Lipinski definition) is 21. The van der Waals surface area contributed by atoms with Crippen molar-refractivity contribution >= 4 is 115 Å². The van der Waals surface area contributed by atoms with Crippen molar-refractivity contribution in [1.82, 2.24) is 55.4 Å². The molecule has 4 aromatic heterocycles. The highest BCUT2D eigenvalue weighted by molar-refractivity contribution is 8.18. The molecule has 2 saturated heterocycles. The minimum atomic E-state index is -4.74. The van der Waals surface area contributed by atoms with Crippen LogP contribution in [0.3, 0.4) is 0 Å². The van der Waals surface area contributed by atoms with Gasteiger partial charge in [0, 0.05) is 114 Å². The van der Waals surface area contributed by atoms with E-state index in [9.17, 15) is 54.7 Å². The van der Waals surface area contributed by atoms with Crippen molar-refractivity contribution in [3.05, 3.63) is 399 Å². The predicted molar refractivity (Wildman–Crippen MR) is 573 cm³/mol. The number of ketones is 1. The van der Waals surface area contributed by atoms with Crippen LogP contribution in [0.4, 0.5) is 39.8 Å². The molecule has 12 aromatic carbocycles. The van der Waals surface area contributed by atoms with Crippen molar-refractivity contribution in [3.63, 3.8) is 0 Å². The number of amides is 5. The van der Waals surface area contributed by atoms with Crippen LogP contribution in [-0.4, -0.2) is 141 Å². The molecule has 6 heterocycles. The molecular weight excluding hydrogens is 1990 g/mol. The zero-order chi connectivity index (χ0) is 105. The second-order valence-electron chi connectivity index (χ2n) is 34.2. The lowest BCUT2D eigenvalue weighted by molar-refractivity contribution is -0.274. The van der Waals surface area contributed by atoms with Gasteiger partial charge >= 0.3 is 6.36 Å². The number of anilines is 3. The number of H-pyrrole nitrogens is 1. The Bertz CT molecular complexity index is 7330. The van der Waals surface area contributed by atoms with Crippen molar-refractivity contribution in [1.29, 1.82) is 0 Å². The number of Topliss-reactive ketones (excluding diaryl/α,β-unsaturated/α-hetero) is 1. The van der Waals surface area contributed by atoms with Crippen LogP contribution in [0.5, 0.6) is 23.0 Å². The zero-order valence-corrected chi connectivity index (χ0v) is 84.7. The number of hydrogen-bond donors (Lipinski definition) is 6. The van der Waals surface area contributed by atoms with E-state index in [0.29, 0.717) is 93.5 Å². The van der Waals surface area contributed by atoms with Gasteiger partial charge < -0.3 is 46.1 Å². The Morgan fingerprint density at radius 1 is 0.595 bits per heavy atom. The number of carbonyl (C=O) groups excluding carboxylic acids is 6. The molecule has 3 aliphatic rings. The summed E-state index contributed by atoms with van der Waals surface area (Å²) in [5.41, 5.74) is 25.6. The normalized spacial score (nSPS) is 13.9. The number of nitrogens with one attached hydrogen (secondary N) is 3. The summed E-state index contributed by atoms with van der Waals surface area (Å²) in [6, 6.07) is 96.6. The van der Waals surface area contributed by atoms with Gasteiger partial charge in [0.25, 0.3) is 23.0 Å². The molecule has 2 aliphatic heterocycles. The number of alkyl halides is 3. The van der Waals surface area contributed by atoms with Gasteiger partial charge in [-0.3, -0.25) is 38.8 Å². The molecule has 16 aromatic rings. The van der Waals surface area contributed by atoms with Gasteiger partial charge in [0.2, 0.25) is 21.9 Å². The van der Waals surface area contributed by atoms with Crippen LogP contribution in [0.1, 0.15) is 86.5 Å². The van der Waals surface area contributed by atoms with Crippen LogP contribution in [0, 0.1) is 24.6 Å². The number of thiophene rings is 1. The number of rotatable bonds is 27. The summed E-state index contributed by atoms with van der Waals surface area (Å²) in [5, 5.41) is 25.2. The number of likely N-dealkylation sites (N-methyl/N-ethyl adjacent to an activating group) is 1. The first-order chi connectivity index (χ1) is 71.4. The van der Waals surface area contributed by atoms with Crippen molar-refractivity contribution in [3.8, 4) is 84.7 Å². The summed E-state index contributed by atoms with van der Waals surface area (Å²) in [6.07, 6.45) is 6.48. The summed E-state index contributed by atoms with van der Waals surface area (Å²) in [5.74, 6) is 1.80. The lowest BCUT2D eigenvalue weighted by Gasteiger charge is -2.36. The molecule has 0 spiro atoms. The topological polar surface area (TPSA) is 361 Å². The molecule has 5 amide bonds. The number of aromatic amines is 1. The average molecular weight is 2090 g/mol. The number of nitrogen functional groups attached to an aromatic ring is 2. The Morgan fingerprint density at radius 3 is 1.83 bits per heavy atom. The molecule has 148 heavy (non-hydrogen) atoms. The van der Waals surface area contributed by atoms with Crippen LogP contribution in [0.2, 0.25) is 10.0 Å². The van der Waals surface area contributed by atoms with E-state index in [2.05, 4.69) is 74.8 Å².